The molecular formula is C28H40N2O3. The molecule has 1 aromatic carbocycles. The molecule has 0 bridgehead atoms. The van der Waals surface area contributed by atoms with Crippen LogP contribution in [0.1, 0.15) is 84.1 Å². The lowest BCUT2D eigenvalue weighted by Crippen LogP contribution is -2.44. The SMILES string of the molecule is CC(C)COc1ccc(C2=C(N3CCCC(C)C3)C(=O)N(C3CCCCCCC3)C2=O)cc1. The number of nitrogens with zero attached hydrogens (tertiary/aromatic N) is 2. The van der Waals surface area contributed by atoms with Crippen LogP contribution in [-0.2, 0) is 9.59 Å². The largest absolute Gasteiger partial charge is 0.493 e. The summed E-state index contributed by atoms with van der Waals surface area (Å²) in [6.45, 7) is 8.82. The van der Waals surface area contributed by atoms with Crippen LogP contribution in [-0.4, -0.2) is 47.4 Å². The van der Waals surface area contributed by atoms with E-state index in [0.717, 1.165) is 56.5 Å². The third-order valence-corrected chi connectivity index (χ3v) is 7.23. The molecule has 1 unspecified atom stereocenters. The normalized spacial score (nSPS) is 23.3. The number of rotatable bonds is 6. The second-order valence-electron chi connectivity index (χ2n) is 10.6. The van der Waals surface area contributed by atoms with Crippen LogP contribution in [0.3, 0.4) is 0 Å². The van der Waals surface area contributed by atoms with E-state index in [1.165, 1.54) is 25.7 Å². The molecule has 2 amide bonds. The van der Waals surface area contributed by atoms with Crippen molar-refractivity contribution < 1.29 is 14.3 Å². The highest BCUT2D eigenvalue weighted by Crippen LogP contribution is 2.37. The van der Waals surface area contributed by atoms with Crippen molar-refractivity contribution in [2.45, 2.75) is 84.6 Å². The van der Waals surface area contributed by atoms with Gasteiger partial charge in [0.05, 0.1) is 12.2 Å². The van der Waals surface area contributed by atoms with Crippen molar-refractivity contribution in [3.05, 3.63) is 35.5 Å². The Kier molecular flexibility index (Phi) is 7.77. The first-order chi connectivity index (χ1) is 16.0. The molecule has 0 radical (unpaired) electrons. The van der Waals surface area contributed by atoms with Gasteiger partial charge in [-0.25, -0.2) is 0 Å². The fourth-order valence-corrected chi connectivity index (χ4v) is 5.49. The number of hydrogen-bond acceptors (Lipinski definition) is 4. The lowest BCUT2D eigenvalue weighted by molar-refractivity contribution is -0.140. The Hall–Kier alpha value is -2.30. The average molecular weight is 453 g/mol. The Bertz CT molecular complexity index is 866. The maximum atomic E-state index is 13.8. The summed E-state index contributed by atoms with van der Waals surface area (Å²) < 4.78 is 5.84. The summed E-state index contributed by atoms with van der Waals surface area (Å²) in [6, 6.07) is 7.78. The van der Waals surface area contributed by atoms with E-state index in [-0.39, 0.29) is 17.9 Å². The minimum Gasteiger partial charge on any atom is -0.493 e. The van der Waals surface area contributed by atoms with Gasteiger partial charge >= 0.3 is 0 Å². The third kappa shape index (κ3) is 5.44. The topological polar surface area (TPSA) is 49.9 Å². The van der Waals surface area contributed by atoms with Crippen LogP contribution >= 0.6 is 0 Å². The summed E-state index contributed by atoms with van der Waals surface area (Å²) in [5.74, 6) is 1.60. The second-order valence-corrected chi connectivity index (χ2v) is 10.6. The van der Waals surface area contributed by atoms with Crippen molar-refractivity contribution in [2.75, 3.05) is 19.7 Å². The minimum atomic E-state index is -0.102. The van der Waals surface area contributed by atoms with Crippen molar-refractivity contribution in [1.29, 1.82) is 0 Å². The van der Waals surface area contributed by atoms with Gasteiger partial charge in [-0.1, -0.05) is 65.0 Å². The number of carbonyl (C=O) groups is 2. The average Bonchev–Trinajstić information content (AvgIpc) is 3.03. The van der Waals surface area contributed by atoms with Gasteiger partial charge in [0.25, 0.3) is 11.8 Å². The summed E-state index contributed by atoms with van der Waals surface area (Å²) in [6.07, 6.45) is 9.93. The molecule has 1 saturated carbocycles. The van der Waals surface area contributed by atoms with E-state index in [0.29, 0.717) is 29.7 Å². The van der Waals surface area contributed by atoms with Gasteiger partial charge in [-0.3, -0.25) is 14.5 Å². The zero-order chi connectivity index (χ0) is 23.4. The summed E-state index contributed by atoms with van der Waals surface area (Å²) in [7, 11) is 0. The summed E-state index contributed by atoms with van der Waals surface area (Å²) in [5, 5.41) is 0. The molecule has 5 nitrogen and oxygen atoms in total. The molecule has 3 aliphatic rings. The summed E-state index contributed by atoms with van der Waals surface area (Å²) >= 11 is 0. The first kappa shape index (κ1) is 23.8. The van der Waals surface area contributed by atoms with Gasteiger partial charge in [-0.05, 0) is 55.2 Å². The summed E-state index contributed by atoms with van der Waals surface area (Å²) in [4.78, 5) is 31.5. The number of ether oxygens (including phenoxy) is 1. The molecule has 1 saturated heterocycles. The molecule has 1 aliphatic carbocycles. The maximum absolute atomic E-state index is 13.8. The Labute approximate surface area is 199 Å². The van der Waals surface area contributed by atoms with Crippen molar-refractivity contribution in [2.24, 2.45) is 11.8 Å². The van der Waals surface area contributed by atoms with Gasteiger partial charge in [-0.2, -0.15) is 0 Å². The number of likely N-dealkylation sites (tertiary alicyclic amines) is 1. The van der Waals surface area contributed by atoms with E-state index in [4.69, 9.17) is 4.74 Å². The number of amides is 2. The summed E-state index contributed by atoms with van der Waals surface area (Å²) in [5.41, 5.74) is 2.04. The fraction of sp³-hybridized carbons (Fsp3) is 0.643. The van der Waals surface area contributed by atoms with E-state index >= 15 is 0 Å². The number of carbonyl (C=O) groups excluding carboxylic acids is 2. The molecule has 2 aliphatic heterocycles. The van der Waals surface area contributed by atoms with E-state index < -0.39 is 0 Å². The Morgan fingerprint density at radius 3 is 2.21 bits per heavy atom. The molecule has 0 aromatic heterocycles. The Morgan fingerprint density at radius 1 is 0.909 bits per heavy atom. The zero-order valence-electron chi connectivity index (χ0n) is 20.6. The highest BCUT2D eigenvalue weighted by molar-refractivity contribution is 6.35. The maximum Gasteiger partial charge on any atom is 0.278 e. The highest BCUT2D eigenvalue weighted by atomic mass is 16.5. The monoisotopic (exact) mass is 452 g/mol. The smallest absolute Gasteiger partial charge is 0.278 e. The number of benzene rings is 1. The molecule has 4 rings (SSSR count). The zero-order valence-corrected chi connectivity index (χ0v) is 20.6. The quantitative estimate of drug-likeness (QED) is 0.524. The molecule has 0 spiro atoms. The van der Waals surface area contributed by atoms with E-state index in [1.807, 2.05) is 24.3 Å². The van der Waals surface area contributed by atoms with Crippen LogP contribution in [0.5, 0.6) is 5.75 Å². The third-order valence-electron chi connectivity index (χ3n) is 7.23. The van der Waals surface area contributed by atoms with E-state index in [2.05, 4.69) is 25.7 Å². The van der Waals surface area contributed by atoms with Gasteiger partial charge in [0, 0.05) is 19.1 Å². The first-order valence-corrected chi connectivity index (χ1v) is 13.1. The minimum absolute atomic E-state index is 0.0219. The number of imide groups is 1. The first-order valence-electron chi connectivity index (χ1n) is 13.1. The van der Waals surface area contributed by atoms with Crippen molar-refractivity contribution in [1.82, 2.24) is 9.80 Å². The molecule has 180 valence electrons. The van der Waals surface area contributed by atoms with Gasteiger partial charge in [0.15, 0.2) is 0 Å². The van der Waals surface area contributed by atoms with Crippen LogP contribution in [0, 0.1) is 11.8 Å². The van der Waals surface area contributed by atoms with E-state index in [1.54, 1.807) is 4.90 Å². The van der Waals surface area contributed by atoms with Gasteiger partial charge in [-0.15, -0.1) is 0 Å². The molecule has 0 N–H and O–H groups in total. The fourth-order valence-electron chi connectivity index (χ4n) is 5.49. The Morgan fingerprint density at radius 2 is 1.58 bits per heavy atom. The molecule has 1 aromatic rings. The van der Waals surface area contributed by atoms with Crippen LogP contribution in [0.4, 0.5) is 0 Å². The molecule has 5 heteroatoms. The van der Waals surface area contributed by atoms with Crippen LogP contribution in [0.25, 0.3) is 5.57 Å². The van der Waals surface area contributed by atoms with Crippen LogP contribution in [0.2, 0.25) is 0 Å². The molecular weight excluding hydrogens is 412 g/mol. The standard InChI is InChI=1S/C28H40N2O3/c1-20(2)19-33-24-15-13-22(14-16-24)25-26(29-17-9-10-21(3)18-29)28(32)30(27(25)31)23-11-7-5-4-6-8-12-23/h13-16,20-21,23H,4-12,17-19H2,1-3H3. The lowest BCUT2D eigenvalue weighted by atomic mass is 9.95. The van der Waals surface area contributed by atoms with Gasteiger partial charge < -0.3 is 9.64 Å². The van der Waals surface area contributed by atoms with Crippen molar-refractivity contribution >= 4 is 17.4 Å². The predicted molar refractivity (Wildman–Crippen MR) is 132 cm³/mol. The van der Waals surface area contributed by atoms with Crippen LogP contribution in [0.15, 0.2) is 30.0 Å². The Balaban J connectivity index is 1.66. The van der Waals surface area contributed by atoms with Crippen molar-refractivity contribution in [3.8, 4) is 5.75 Å². The lowest BCUT2D eigenvalue weighted by Gasteiger charge is -2.34. The predicted octanol–water partition coefficient (Wildman–Crippen LogP) is 5.65. The number of piperidine rings is 1. The van der Waals surface area contributed by atoms with E-state index in [9.17, 15) is 9.59 Å². The second kappa shape index (κ2) is 10.8. The number of hydrogen-bond donors (Lipinski definition) is 0. The van der Waals surface area contributed by atoms with Gasteiger partial charge in [0.2, 0.25) is 0 Å². The molecule has 2 heterocycles. The van der Waals surface area contributed by atoms with Crippen LogP contribution < -0.4 is 4.74 Å². The van der Waals surface area contributed by atoms with Gasteiger partial charge in [0.1, 0.15) is 11.4 Å². The highest BCUT2D eigenvalue weighted by Gasteiger charge is 2.45. The van der Waals surface area contributed by atoms with Crippen molar-refractivity contribution in [3.63, 3.8) is 0 Å². The molecule has 2 fully saturated rings. The molecule has 33 heavy (non-hydrogen) atoms. The molecule has 1 atom stereocenters.